The Morgan fingerprint density at radius 1 is 1.00 bits per heavy atom. The van der Waals surface area contributed by atoms with Crippen LogP contribution in [0.2, 0.25) is 0 Å². The number of rotatable bonds is 6. The third-order valence-corrected chi connectivity index (χ3v) is 4.07. The van der Waals surface area contributed by atoms with E-state index in [4.69, 9.17) is 4.74 Å². The lowest BCUT2D eigenvalue weighted by Crippen LogP contribution is -2.24. The molecule has 2 amide bonds. The van der Waals surface area contributed by atoms with Crippen LogP contribution in [0.3, 0.4) is 0 Å². The van der Waals surface area contributed by atoms with Crippen molar-refractivity contribution in [1.29, 1.82) is 0 Å². The largest absolute Gasteiger partial charge is 0.497 e. The molecule has 3 rings (SSSR count). The predicted octanol–water partition coefficient (Wildman–Crippen LogP) is 3.55. The smallest absolute Gasteiger partial charge is 0.270 e. The van der Waals surface area contributed by atoms with Gasteiger partial charge in [-0.2, -0.15) is 0 Å². The van der Waals surface area contributed by atoms with E-state index in [-0.39, 0.29) is 17.8 Å². The van der Waals surface area contributed by atoms with Crippen LogP contribution in [0.25, 0.3) is 0 Å². The molecule has 0 radical (unpaired) electrons. The maximum absolute atomic E-state index is 13.7. The maximum atomic E-state index is 13.7. The van der Waals surface area contributed by atoms with E-state index in [0.717, 1.165) is 17.7 Å². The van der Waals surface area contributed by atoms with Gasteiger partial charge in [0, 0.05) is 18.3 Å². The molecule has 3 aromatic rings. The van der Waals surface area contributed by atoms with Crippen LogP contribution in [-0.2, 0) is 6.54 Å². The molecule has 0 aliphatic carbocycles. The van der Waals surface area contributed by atoms with Crippen LogP contribution in [0.5, 0.6) is 5.75 Å². The molecule has 148 valence electrons. The monoisotopic (exact) mass is 397 g/mol. The summed E-state index contributed by atoms with van der Waals surface area (Å²) in [6.45, 7) is 0.251. The Balaban J connectivity index is 1.67. The number of hydrogen-bond acceptors (Lipinski definition) is 4. The van der Waals surface area contributed by atoms with Crippen molar-refractivity contribution in [2.45, 2.75) is 6.54 Å². The van der Waals surface area contributed by atoms with E-state index in [2.05, 4.69) is 15.6 Å². The van der Waals surface area contributed by atoms with Crippen LogP contribution in [0, 0.1) is 11.6 Å². The molecule has 29 heavy (non-hydrogen) atoms. The van der Waals surface area contributed by atoms with Gasteiger partial charge in [-0.15, -0.1) is 0 Å². The van der Waals surface area contributed by atoms with Crippen molar-refractivity contribution >= 4 is 17.5 Å². The van der Waals surface area contributed by atoms with Gasteiger partial charge in [0.05, 0.1) is 7.11 Å². The van der Waals surface area contributed by atoms with E-state index < -0.39 is 29.1 Å². The predicted molar refractivity (Wildman–Crippen MR) is 103 cm³/mol. The molecule has 6 nitrogen and oxygen atoms in total. The number of para-hydroxylation sites is 1. The summed E-state index contributed by atoms with van der Waals surface area (Å²) >= 11 is 0. The summed E-state index contributed by atoms with van der Waals surface area (Å²) in [5.41, 5.74) is 0.334. The molecule has 0 aliphatic rings. The van der Waals surface area contributed by atoms with Crippen LogP contribution < -0.4 is 15.4 Å². The van der Waals surface area contributed by atoms with Crippen LogP contribution in [0.1, 0.15) is 26.4 Å². The summed E-state index contributed by atoms with van der Waals surface area (Å²) in [4.78, 5) is 28.6. The molecule has 0 bridgehead atoms. The van der Waals surface area contributed by atoms with Crippen LogP contribution in [0.4, 0.5) is 14.5 Å². The van der Waals surface area contributed by atoms with Gasteiger partial charge in [0.2, 0.25) is 0 Å². The summed E-state index contributed by atoms with van der Waals surface area (Å²) in [6, 6.07) is 13.0. The Kier molecular flexibility index (Phi) is 6.13. The molecule has 1 heterocycles. The first-order chi connectivity index (χ1) is 14.0. The lowest BCUT2D eigenvalue weighted by Gasteiger charge is -2.09. The molecule has 0 atom stereocenters. The number of aromatic nitrogens is 1. The Bertz CT molecular complexity index is 1020. The maximum Gasteiger partial charge on any atom is 0.270 e. The molecule has 0 spiro atoms. The Labute approximate surface area is 165 Å². The van der Waals surface area contributed by atoms with Crippen molar-refractivity contribution in [1.82, 2.24) is 10.3 Å². The highest BCUT2D eigenvalue weighted by Gasteiger charge is 2.15. The Morgan fingerprint density at radius 2 is 1.69 bits per heavy atom. The fourth-order valence-corrected chi connectivity index (χ4v) is 2.52. The van der Waals surface area contributed by atoms with Gasteiger partial charge in [0.25, 0.3) is 11.8 Å². The van der Waals surface area contributed by atoms with Crippen LogP contribution in [-0.4, -0.2) is 23.9 Å². The quantitative estimate of drug-likeness (QED) is 0.667. The molecular formula is C21H17F2N3O3. The van der Waals surface area contributed by atoms with Gasteiger partial charge in [-0.05, 0) is 42.0 Å². The third kappa shape index (κ3) is 4.92. The van der Waals surface area contributed by atoms with E-state index in [1.54, 1.807) is 31.4 Å². The SMILES string of the molecule is COc1ccc(CNC(=O)c2cc(C(=O)Nc3c(F)cccc3F)ccn2)cc1. The number of benzene rings is 2. The second kappa shape index (κ2) is 8.92. The third-order valence-electron chi connectivity index (χ3n) is 4.07. The van der Waals surface area contributed by atoms with Gasteiger partial charge in [0.1, 0.15) is 28.8 Å². The molecule has 2 aromatic carbocycles. The number of carbonyl (C=O) groups excluding carboxylic acids is 2. The average molecular weight is 397 g/mol. The fourth-order valence-electron chi connectivity index (χ4n) is 2.52. The van der Waals surface area contributed by atoms with Gasteiger partial charge in [-0.3, -0.25) is 14.6 Å². The molecule has 0 unspecified atom stereocenters. The Morgan fingerprint density at radius 3 is 2.34 bits per heavy atom. The highest BCUT2D eigenvalue weighted by Crippen LogP contribution is 2.19. The van der Waals surface area contributed by atoms with E-state index in [1.807, 2.05) is 0 Å². The summed E-state index contributed by atoms with van der Waals surface area (Å²) in [5.74, 6) is -2.35. The molecule has 8 heteroatoms. The lowest BCUT2D eigenvalue weighted by atomic mass is 10.2. The van der Waals surface area contributed by atoms with Gasteiger partial charge < -0.3 is 15.4 Å². The van der Waals surface area contributed by atoms with Crippen molar-refractivity contribution in [3.63, 3.8) is 0 Å². The lowest BCUT2D eigenvalue weighted by molar-refractivity contribution is 0.0946. The van der Waals surface area contributed by atoms with E-state index in [1.165, 1.54) is 24.4 Å². The zero-order chi connectivity index (χ0) is 20.8. The Hall–Kier alpha value is -3.81. The summed E-state index contributed by atoms with van der Waals surface area (Å²) in [5, 5.41) is 4.86. The first-order valence-corrected chi connectivity index (χ1v) is 8.60. The second-order valence-corrected chi connectivity index (χ2v) is 6.01. The highest BCUT2D eigenvalue weighted by molar-refractivity contribution is 6.05. The van der Waals surface area contributed by atoms with Crippen molar-refractivity contribution in [2.75, 3.05) is 12.4 Å². The standard InChI is InChI=1S/C21H17F2N3O3/c1-29-15-7-5-13(6-8-15)12-25-21(28)18-11-14(9-10-24-18)20(27)26-19-16(22)3-2-4-17(19)23/h2-11H,12H2,1H3,(H,25,28)(H,26,27). The number of methoxy groups -OCH3 is 1. The van der Waals surface area contributed by atoms with Crippen molar-refractivity contribution < 1.29 is 23.1 Å². The zero-order valence-electron chi connectivity index (χ0n) is 15.4. The van der Waals surface area contributed by atoms with Gasteiger partial charge in [-0.25, -0.2) is 8.78 Å². The number of amides is 2. The minimum atomic E-state index is -0.898. The fraction of sp³-hybridized carbons (Fsp3) is 0.0952. The summed E-state index contributed by atoms with van der Waals surface area (Å²) < 4.78 is 32.5. The topological polar surface area (TPSA) is 80.3 Å². The number of pyridine rings is 1. The molecule has 0 saturated heterocycles. The number of hydrogen-bond donors (Lipinski definition) is 2. The second-order valence-electron chi connectivity index (χ2n) is 6.01. The summed E-state index contributed by atoms with van der Waals surface area (Å²) in [7, 11) is 1.56. The number of nitrogens with zero attached hydrogens (tertiary/aromatic N) is 1. The molecule has 0 aliphatic heterocycles. The first kappa shape index (κ1) is 19.9. The van der Waals surface area contributed by atoms with Gasteiger partial charge in [-0.1, -0.05) is 18.2 Å². The number of halogens is 2. The minimum absolute atomic E-state index is 0.000155. The molecule has 2 N–H and O–H groups in total. The van der Waals surface area contributed by atoms with E-state index >= 15 is 0 Å². The minimum Gasteiger partial charge on any atom is -0.497 e. The molecular weight excluding hydrogens is 380 g/mol. The number of carbonyl (C=O) groups is 2. The zero-order valence-corrected chi connectivity index (χ0v) is 15.4. The average Bonchev–Trinajstić information content (AvgIpc) is 2.75. The highest BCUT2D eigenvalue weighted by atomic mass is 19.1. The first-order valence-electron chi connectivity index (χ1n) is 8.60. The van der Waals surface area contributed by atoms with Crippen molar-refractivity contribution in [3.8, 4) is 5.75 Å². The normalized spacial score (nSPS) is 10.3. The van der Waals surface area contributed by atoms with Crippen LogP contribution in [0.15, 0.2) is 60.8 Å². The van der Waals surface area contributed by atoms with E-state index in [0.29, 0.717) is 5.75 Å². The number of ether oxygens (including phenoxy) is 1. The van der Waals surface area contributed by atoms with Gasteiger partial charge >= 0.3 is 0 Å². The van der Waals surface area contributed by atoms with Crippen LogP contribution >= 0.6 is 0 Å². The van der Waals surface area contributed by atoms with E-state index in [9.17, 15) is 18.4 Å². The van der Waals surface area contributed by atoms with Crippen molar-refractivity contribution in [2.24, 2.45) is 0 Å². The number of nitrogens with one attached hydrogen (secondary N) is 2. The van der Waals surface area contributed by atoms with Crippen molar-refractivity contribution in [3.05, 3.63) is 89.2 Å². The molecule has 1 aromatic heterocycles. The molecule has 0 saturated carbocycles. The molecule has 0 fully saturated rings. The summed E-state index contributed by atoms with van der Waals surface area (Å²) in [6.07, 6.45) is 1.27. The van der Waals surface area contributed by atoms with Gasteiger partial charge in [0.15, 0.2) is 0 Å². The number of anilines is 1.